The fraction of sp³-hybridized carbons (Fsp3) is 0.520. The molecule has 0 aliphatic carbocycles. The van der Waals surface area contributed by atoms with Crippen LogP contribution in [0.2, 0.25) is 0 Å². The third-order valence-electron chi connectivity index (χ3n) is 6.35. The first-order valence-corrected chi connectivity index (χ1v) is 11.0. The van der Waals surface area contributed by atoms with Crippen LogP contribution < -0.4 is 0 Å². The van der Waals surface area contributed by atoms with Crippen molar-refractivity contribution < 1.29 is 18.9 Å². The Balaban J connectivity index is 1.22. The van der Waals surface area contributed by atoms with Gasteiger partial charge in [0.05, 0.1) is 50.8 Å². The number of ether oxygens (including phenoxy) is 4. The van der Waals surface area contributed by atoms with E-state index < -0.39 is 0 Å². The molecule has 0 aromatic heterocycles. The van der Waals surface area contributed by atoms with Crippen molar-refractivity contribution in [2.75, 3.05) is 26.4 Å². The molecule has 152 valence electrons. The highest BCUT2D eigenvalue weighted by Gasteiger charge is 2.29. The molecule has 4 nitrogen and oxygen atoms in total. The third-order valence-corrected chi connectivity index (χ3v) is 6.35. The Morgan fingerprint density at radius 3 is 1.21 bits per heavy atom. The van der Waals surface area contributed by atoms with Crippen molar-refractivity contribution in [3.63, 3.8) is 0 Å². The highest BCUT2D eigenvalue weighted by molar-refractivity contribution is 5.39. The molecule has 0 N–H and O–H groups in total. The first-order valence-electron chi connectivity index (χ1n) is 11.0. The predicted octanol–water partition coefficient (Wildman–Crippen LogP) is 3.04. The Morgan fingerprint density at radius 2 is 0.862 bits per heavy atom. The topological polar surface area (TPSA) is 50.1 Å². The molecule has 4 heteroatoms. The molecule has 0 spiro atoms. The molecule has 4 atom stereocenters. The normalized spacial score (nSPS) is 29.0. The average molecular weight is 392 g/mol. The SMILES string of the molecule is c1cc(CC2CO2)c(CC2CO2)cc1Cc1ccc(CC2CO2)c(CC2CO2)c1. The average Bonchev–Trinajstić information content (AvgIpc) is 3.50. The van der Waals surface area contributed by atoms with Crippen LogP contribution in [0.4, 0.5) is 0 Å². The van der Waals surface area contributed by atoms with E-state index in [0.29, 0.717) is 24.4 Å². The summed E-state index contributed by atoms with van der Waals surface area (Å²) in [6.45, 7) is 3.63. The van der Waals surface area contributed by atoms with Crippen LogP contribution in [-0.2, 0) is 51.1 Å². The van der Waals surface area contributed by atoms with Gasteiger partial charge in [0.2, 0.25) is 0 Å². The Labute approximate surface area is 172 Å². The maximum Gasteiger partial charge on any atom is 0.0850 e. The zero-order chi connectivity index (χ0) is 19.2. The van der Waals surface area contributed by atoms with E-state index in [-0.39, 0.29) is 0 Å². The summed E-state index contributed by atoms with van der Waals surface area (Å²) in [5.41, 5.74) is 8.50. The summed E-state index contributed by atoms with van der Waals surface area (Å²) < 4.78 is 21.9. The Kier molecular flexibility index (Phi) is 4.68. The summed E-state index contributed by atoms with van der Waals surface area (Å²) in [5.74, 6) is 0. The molecule has 29 heavy (non-hydrogen) atoms. The quantitative estimate of drug-likeness (QED) is 0.583. The number of epoxide rings is 4. The van der Waals surface area contributed by atoms with Crippen LogP contribution in [0.25, 0.3) is 0 Å². The van der Waals surface area contributed by atoms with Gasteiger partial charge in [-0.3, -0.25) is 0 Å². The van der Waals surface area contributed by atoms with E-state index in [9.17, 15) is 0 Å². The minimum Gasteiger partial charge on any atom is -0.373 e. The van der Waals surface area contributed by atoms with Gasteiger partial charge >= 0.3 is 0 Å². The van der Waals surface area contributed by atoms with E-state index in [1.54, 1.807) is 0 Å². The smallest absolute Gasteiger partial charge is 0.0850 e. The van der Waals surface area contributed by atoms with Gasteiger partial charge in [-0.2, -0.15) is 0 Å². The Hall–Kier alpha value is -1.72. The fourth-order valence-corrected chi connectivity index (χ4v) is 4.32. The minimum absolute atomic E-state index is 0.415. The summed E-state index contributed by atoms with van der Waals surface area (Å²) in [5, 5.41) is 0. The van der Waals surface area contributed by atoms with E-state index in [0.717, 1.165) is 58.5 Å². The number of hydrogen-bond acceptors (Lipinski definition) is 4. The van der Waals surface area contributed by atoms with Crippen molar-refractivity contribution in [2.45, 2.75) is 56.5 Å². The summed E-state index contributed by atoms with van der Waals surface area (Å²) in [6, 6.07) is 14.0. The summed E-state index contributed by atoms with van der Waals surface area (Å²) in [7, 11) is 0. The van der Waals surface area contributed by atoms with E-state index in [1.807, 2.05) is 0 Å². The molecule has 6 rings (SSSR count). The molecular formula is C25H28O4. The number of rotatable bonds is 10. The molecule has 4 unspecified atom stereocenters. The zero-order valence-electron chi connectivity index (χ0n) is 16.8. The number of benzene rings is 2. The van der Waals surface area contributed by atoms with Gasteiger partial charge in [-0.15, -0.1) is 0 Å². The molecule has 4 heterocycles. The van der Waals surface area contributed by atoms with Crippen molar-refractivity contribution in [3.05, 3.63) is 69.8 Å². The third kappa shape index (κ3) is 4.89. The van der Waals surface area contributed by atoms with Crippen molar-refractivity contribution >= 4 is 0 Å². The molecule has 2 aromatic carbocycles. The number of hydrogen-bond donors (Lipinski definition) is 0. The van der Waals surface area contributed by atoms with Gasteiger partial charge in [0.15, 0.2) is 0 Å². The van der Waals surface area contributed by atoms with E-state index in [1.165, 1.54) is 33.4 Å². The van der Waals surface area contributed by atoms with Crippen LogP contribution in [0, 0.1) is 0 Å². The molecule has 0 radical (unpaired) electrons. The molecule has 4 fully saturated rings. The first-order chi connectivity index (χ1) is 14.3. The lowest BCUT2D eigenvalue weighted by Crippen LogP contribution is -2.05. The van der Waals surface area contributed by atoms with Gasteiger partial charge in [0.25, 0.3) is 0 Å². The summed E-state index contributed by atoms with van der Waals surface area (Å²) in [4.78, 5) is 0. The molecule has 4 saturated heterocycles. The lowest BCUT2D eigenvalue weighted by Gasteiger charge is -2.13. The first kappa shape index (κ1) is 18.1. The van der Waals surface area contributed by atoms with Gasteiger partial charge < -0.3 is 18.9 Å². The van der Waals surface area contributed by atoms with E-state index in [2.05, 4.69) is 36.4 Å². The van der Waals surface area contributed by atoms with Crippen LogP contribution >= 0.6 is 0 Å². The van der Waals surface area contributed by atoms with Crippen molar-refractivity contribution in [2.24, 2.45) is 0 Å². The zero-order valence-corrected chi connectivity index (χ0v) is 16.8. The minimum atomic E-state index is 0.415. The molecule has 4 aliphatic heterocycles. The van der Waals surface area contributed by atoms with Gasteiger partial charge in [0.1, 0.15) is 0 Å². The van der Waals surface area contributed by atoms with Crippen LogP contribution in [0.5, 0.6) is 0 Å². The van der Waals surface area contributed by atoms with Crippen LogP contribution in [0.1, 0.15) is 33.4 Å². The standard InChI is InChI=1S/C25H28O4/c1-3-18(8-22-12-26-22)20(10-24-14-28-24)6-16(1)5-17-2-4-19(9-23-13-27-23)21(7-17)11-25-15-29-25/h1-4,6-7,22-25H,5,8-15H2. The van der Waals surface area contributed by atoms with Crippen LogP contribution in [-0.4, -0.2) is 50.8 Å². The predicted molar refractivity (Wildman–Crippen MR) is 109 cm³/mol. The molecule has 0 saturated carbocycles. The Morgan fingerprint density at radius 1 is 0.517 bits per heavy atom. The highest BCUT2D eigenvalue weighted by atomic mass is 16.6. The molecule has 0 bridgehead atoms. The fourth-order valence-electron chi connectivity index (χ4n) is 4.32. The molecule has 2 aromatic rings. The summed E-state index contributed by atoms with van der Waals surface area (Å²) >= 11 is 0. The second kappa shape index (κ2) is 7.51. The van der Waals surface area contributed by atoms with E-state index in [4.69, 9.17) is 18.9 Å². The van der Waals surface area contributed by atoms with Crippen LogP contribution in [0.15, 0.2) is 36.4 Å². The summed E-state index contributed by atoms with van der Waals surface area (Å²) in [6.07, 6.45) is 6.77. The Bertz CT molecular complexity index is 818. The molecular weight excluding hydrogens is 364 g/mol. The van der Waals surface area contributed by atoms with Gasteiger partial charge in [0, 0.05) is 25.7 Å². The second-order valence-corrected chi connectivity index (χ2v) is 9.02. The second-order valence-electron chi connectivity index (χ2n) is 9.02. The van der Waals surface area contributed by atoms with Gasteiger partial charge in [-0.1, -0.05) is 36.4 Å². The van der Waals surface area contributed by atoms with Crippen molar-refractivity contribution in [1.82, 2.24) is 0 Å². The monoisotopic (exact) mass is 392 g/mol. The van der Waals surface area contributed by atoms with Gasteiger partial charge in [-0.05, 0) is 39.8 Å². The highest BCUT2D eigenvalue weighted by Crippen LogP contribution is 2.28. The van der Waals surface area contributed by atoms with Crippen molar-refractivity contribution in [1.29, 1.82) is 0 Å². The van der Waals surface area contributed by atoms with E-state index >= 15 is 0 Å². The molecule has 4 aliphatic rings. The maximum atomic E-state index is 5.50. The van der Waals surface area contributed by atoms with Crippen molar-refractivity contribution in [3.8, 4) is 0 Å². The molecule has 0 amide bonds. The lowest BCUT2D eigenvalue weighted by molar-refractivity contribution is 0.401. The van der Waals surface area contributed by atoms with Gasteiger partial charge in [-0.25, -0.2) is 0 Å². The lowest BCUT2D eigenvalue weighted by atomic mass is 9.92. The maximum absolute atomic E-state index is 5.50. The largest absolute Gasteiger partial charge is 0.373 e. The van der Waals surface area contributed by atoms with Crippen LogP contribution in [0.3, 0.4) is 0 Å².